The van der Waals surface area contributed by atoms with Gasteiger partial charge in [0.1, 0.15) is 23.9 Å². The molecule has 2 N–H and O–H groups in total. The molecule has 2 heterocycles. The summed E-state index contributed by atoms with van der Waals surface area (Å²) in [5.74, 6) is -10.2. The van der Waals surface area contributed by atoms with E-state index >= 15 is 28.8 Å². The number of esters is 1. The third-order valence-corrected chi connectivity index (χ3v) is 17.7. The predicted octanol–water partition coefficient (Wildman–Crippen LogP) is 8.36. The fourth-order valence-corrected chi connectivity index (χ4v) is 12.6. The third-order valence-electron chi connectivity index (χ3n) is 17.7. The number of nitrogens with one attached hydrogen (secondary N) is 1. The molecule has 5 rings (SSSR count). The molecule has 2 fully saturated rings. The summed E-state index contributed by atoms with van der Waals surface area (Å²) in [5, 5.41) is 14.7. The summed E-state index contributed by atoms with van der Waals surface area (Å²) in [4.78, 5) is 143. The van der Waals surface area contributed by atoms with E-state index in [0.717, 1.165) is 4.90 Å². The molecular formula is C68H97FN6O11. The summed E-state index contributed by atoms with van der Waals surface area (Å²) in [6.45, 7) is 20.9. The van der Waals surface area contributed by atoms with Crippen LogP contribution in [0.5, 0.6) is 0 Å². The highest BCUT2D eigenvalue weighted by atomic mass is 19.1. The zero-order valence-corrected chi connectivity index (χ0v) is 53.8. The first-order valence-electron chi connectivity index (χ1n) is 30.9. The molecule has 3 aromatic rings. The quantitative estimate of drug-likeness (QED) is 0.147. The van der Waals surface area contributed by atoms with Crippen LogP contribution in [0.1, 0.15) is 139 Å². The van der Waals surface area contributed by atoms with E-state index in [4.69, 9.17) is 4.74 Å². The summed E-state index contributed by atoms with van der Waals surface area (Å²) < 4.78 is 20.8. The number of hydrogen-bond donors (Lipinski definition) is 2. The number of fused-ring (bicyclic) bond motifs is 1. The van der Waals surface area contributed by atoms with Gasteiger partial charge in [0.2, 0.25) is 29.5 Å². The number of amides is 6. The third kappa shape index (κ3) is 17.2. The van der Waals surface area contributed by atoms with E-state index in [1.165, 1.54) is 73.8 Å². The number of likely N-dealkylation sites (N-methyl/N-ethyl adjacent to an activating group) is 4. The van der Waals surface area contributed by atoms with Gasteiger partial charge in [-0.05, 0) is 97.6 Å². The van der Waals surface area contributed by atoms with Crippen LogP contribution in [0.25, 0.3) is 11.1 Å². The van der Waals surface area contributed by atoms with Crippen LogP contribution in [0.4, 0.5) is 4.39 Å². The van der Waals surface area contributed by atoms with E-state index in [0.29, 0.717) is 41.5 Å². The number of benzene rings is 3. The fraction of sp³-hybridized carbons (Fsp3) is 0.603. The van der Waals surface area contributed by atoms with Crippen molar-refractivity contribution in [2.24, 2.45) is 41.4 Å². The molecule has 0 aliphatic carbocycles. The predicted molar refractivity (Wildman–Crippen MR) is 329 cm³/mol. The maximum absolute atomic E-state index is 15.7. The number of Topliss-reactive ketones (excluding diaryl/α,β-unsaturated/α-hetero) is 2. The first-order valence-corrected chi connectivity index (χ1v) is 30.9. The fourth-order valence-electron chi connectivity index (χ4n) is 12.6. The Labute approximate surface area is 510 Å². The van der Waals surface area contributed by atoms with Crippen LogP contribution in [0.15, 0.2) is 78.9 Å². The summed E-state index contributed by atoms with van der Waals surface area (Å²) >= 11 is 0. The SMILES string of the molecule is CCC(C)[C@@H]1CC(=O)[C@@H]2CCCN2C(=O)[C@H](Cc2cccc(-c3cccc(F)c3)c2)N(C)C(=O)[C@H](Cc2ccccc2)NC(=O)[C@H](C(C)C)N(C)C(=O)[C@@H](C(C)CC)OC(=O)[C@H](C(C)(C)O)N(C)C(=O)C(CC(C)C)CC(=O)[C@H](C(C)C)N(C)C1=O. The summed E-state index contributed by atoms with van der Waals surface area (Å²) in [6.07, 6.45) is -0.488. The molecule has 0 radical (unpaired) electrons. The number of carbonyl (C=O) groups is 9. The second-order valence-corrected chi connectivity index (χ2v) is 26.0. The van der Waals surface area contributed by atoms with Crippen molar-refractivity contribution >= 4 is 53.0 Å². The summed E-state index contributed by atoms with van der Waals surface area (Å²) in [7, 11) is 5.76. The average Bonchev–Trinajstić information content (AvgIpc) is 1.84. The molecule has 86 heavy (non-hydrogen) atoms. The van der Waals surface area contributed by atoms with Gasteiger partial charge < -0.3 is 39.7 Å². The van der Waals surface area contributed by atoms with Gasteiger partial charge in [-0.15, -0.1) is 0 Å². The Hall–Kier alpha value is -6.82. The number of rotatable bonds is 14. The first-order chi connectivity index (χ1) is 40.3. The van der Waals surface area contributed by atoms with Gasteiger partial charge in [0.15, 0.2) is 23.7 Å². The molecule has 2 aliphatic rings. The minimum Gasteiger partial charge on any atom is -0.450 e. The molecule has 3 aromatic carbocycles. The Balaban J connectivity index is 1.73. The van der Waals surface area contributed by atoms with Crippen molar-refractivity contribution in [3.63, 3.8) is 0 Å². The summed E-state index contributed by atoms with van der Waals surface area (Å²) in [5.41, 5.74) is 0.562. The van der Waals surface area contributed by atoms with Crippen LogP contribution in [0.3, 0.4) is 0 Å². The van der Waals surface area contributed by atoms with Crippen molar-refractivity contribution in [1.29, 1.82) is 0 Å². The lowest BCUT2D eigenvalue weighted by Crippen LogP contribution is -2.61. The molecule has 472 valence electrons. The Morgan fingerprint density at radius 3 is 1.78 bits per heavy atom. The van der Waals surface area contributed by atoms with E-state index in [2.05, 4.69) is 5.32 Å². The molecule has 11 atom stereocenters. The second-order valence-electron chi connectivity index (χ2n) is 26.0. The van der Waals surface area contributed by atoms with Crippen LogP contribution < -0.4 is 5.32 Å². The molecule has 6 amide bonds. The molecule has 2 aliphatic heterocycles. The molecule has 0 aromatic heterocycles. The zero-order valence-electron chi connectivity index (χ0n) is 53.8. The normalized spacial score (nSPS) is 25.5. The van der Waals surface area contributed by atoms with Crippen molar-refractivity contribution in [1.82, 2.24) is 29.8 Å². The van der Waals surface area contributed by atoms with Gasteiger partial charge in [-0.1, -0.05) is 142 Å². The van der Waals surface area contributed by atoms with Crippen molar-refractivity contribution < 1.29 is 57.4 Å². The average molecular weight is 1190 g/mol. The number of nitrogens with zero attached hydrogens (tertiary/aromatic N) is 5. The molecule has 2 saturated heterocycles. The molecule has 17 nitrogen and oxygen atoms in total. The number of aliphatic hydroxyl groups is 1. The van der Waals surface area contributed by atoms with Gasteiger partial charge in [-0.2, -0.15) is 0 Å². The van der Waals surface area contributed by atoms with E-state index in [1.54, 1.807) is 90.1 Å². The van der Waals surface area contributed by atoms with Crippen molar-refractivity contribution in [2.75, 3.05) is 34.7 Å². The van der Waals surface area contributed by atoms with E-state index in [9.17, 15) is 23.9 Å². The van der Waals surface area contributed by atoms with Gasteiger partial charge >= 0.3 is 5.97 Å². The molecule has 3 unspecified atom stereocenters. The molecule has 0 spiro atoms. The Morgan fingerprint density at radius 2 is 1.21 bits per heavy atom. The Bertz CT molecular complexity index is 2870. The van der Waals surface area contributed by atoms with Gasteiger partial charge in [-0.25, -0.2) is 9.18 Å². The highest BCUT2D eigenvalue weighted by Crippen LogP contribution is 2.33. The maximum atomic E-state index is 15.7. The van der Waals surface area contributed by atoms with E-state index in [-0.39, 0.29) is 62.7 Å². The summed E-state index contributed by atoms with van der Waals surface area (Å²) in [6, 6.07) is 14.7. The number of hydrogen-bond acceptors (Lipinski definition) is 11. The van der Waals surface area contributed by atoms with E-state index < -0.39 is 131 Å². The highest BCUT2D eigenvalue weighted by molar-refractivity contribution is 5.99. The number of ether oxygens (including phenoxy) is 1. The topological polar surface area (TPSA) is 211 Å². The molecule has 0 saturated carbocycles. The second kappa shape index (κ2) is 30.7. The number of cyclic esters (lactones) is 1. The van der Waals surface area contributed by atoms with Gasteiger partial charge in [-0.3, -0.25) is 38.4 Å². The van der Waals surface area contributed by atoms with Crippen molar-refractivity contribution in [3.05, 3.63) is 95.8 Å². The van der Waals surface area contributed by atoms with Crippen LogP contribution in [0.2, 0.25) is 0 Å². The van der Waals surface area contributed by atoms with Crippen LogP contribution in [-0.2, 0) is 60.7 Å². The monoisotopic (exact) mass is 1190 g/mol. The maximum Gasteiger partial charge on any atom is 0.332 e. The highest BCUT2D eigenvalue weighted by Gasteiger charge is 2.48. The molecular weight excluding hydrogens is 1100 g/mol. The Morgan fingerprint density at radius 1 is 0.628 bits per heavy atom. The minimum absolute atomic E-state index is 0.0442. The number of halogens is 1. The zero-order chi connectivity index (χ0) is 64.2. The van der Waals surface area contributed by atoms with Crippen molar-refractivity contribution in [2.45, 2.75) is 189 Å². The van der Waals surface area contributed by atoms with E-state index in [1.807, 2.05) is 45.9 Å². The number of ketones is 2. The number of carbonyl (C=O) groups excluding carboxylic acids is 9. The lowest BCUT2D eigenvalue weighted by molar-refractivity contribution is -0.178. The minimum atomic E-state index is -1.96. The lowest BCUT2D eigenvalue weighted by Gasteiger charge is -2.39. The van der Waals surface area contributed by atoms with Crippen LogP contribution in [-0.4, -0.2) is 165 Å². The van der Waals surface area contributed by atoms with Gasteiger partial charge in [0.25, 0.3) is 5.91 Å². The molecule has 0 bridgehead atoms. The molecule has 18 heteroatoms. The largest absolute Gasteiger partial charge is 0.450 e. The first kappa shape index (κ1) is 69.9. The van der Waals surface area contributed by atoms with Crippen molar-refractivity contribution in [3.8, 4) is 11.1 Å². The standard InChI is InChI=1S/C68H97FN6O11/c1-17-43(9)51-39-55(76)53-31-24-32-75(53)65(82)54(36-46-27-22-28-47(34-46)48-29-23-30-50(69)37-48)71(13)64(81)52(35-45-25-20-19-21-26-45)70-61(78)58(42(7)8)73(15)66(83)59(44(10)18-2)86-67(84)60(68(11,12)85)74(16)62(79)49(33-40(3)4)38-56(77)57(41(5)6)72(14)63(51)80/h19-23,25-30,34,37,40-44,49,51-54,57-60,85H,17-18,24,31-33,35-36,38-39H2,1-16H3,(H,70,78)/t43?,44?,49?,51-,52-,53-,54-,57-,58-,59+,60+/m0/s1. The van der Waals surface area contributed by atoms with Gasteiger partial charge in [0, 0.05) is 78.2 Å². The van der Waals surface area contributed by atoms with Gasteiger partial charge in [0.05, 0.1) is 17.7 Å². The van der Waals surface area contributed by atoms with Crippen LogP contribution >= 0.6 is 0 Å². The smallest absolute Gasteiger partial charge is 0.332 e. The van der Waals surface area contributed by atoms with Crippen LogP contribution in [0, 0.1) is 47.2 Å². The lowest BCUT2D eigenvalue weighted by atomic mass is 9.82. The Kier molecular flexibility index (Phi) is 25.0.